The highest BCUT2D eigenvalue weighted by molar-refractivity contribution is 7.99. The highest BCUT2D eigenvalue weighted by Crippen LogP contribution is 2.29. The van der Waals surface area contributed by atoms with Crippen LogP contribution in [0.3, 0.4) is 0 Å². The lowest BCUT2D eigenvalue weighted by Crippen LogP contribution is -2.14. The zero-order valence-electron chi connectivity index (χ0n) is 14.4. The Bertz CT molecular complexity index is 917. The van der Waals surface area contributed by atoms with E-state index in [1.165, 1.54) is 0 Å². The third kappa shape index (κ3) is 4.44. The second kappa shape index (κ2) is 7.51. The summed E-state index contributed by atoms with van der Waals surface area (Å²) in [5.41, 5.74) is 1.26. The Hall–Kier alpha value is -2.32. The first-order chi connectivity index (χ1) is 12.3. The molecule has 0 radical (unpaired) electrons. The summed E-state index contributed by atoms with van der Waals surface area (Å²) in [5, 5.41) is 15.3. The number of nitrogens with zero attached hydrogens (tertiary/aromatic N) is 3. The van der Waals surface area contributed by atoms with E-state index in [9.17, 15) is 4.79 Å². The van der Waals surface area contributed by atoms with Crippen molar-refractivity contribution in [3.63, 3.8) is 0 Å². The summed E-state index contributed by atoms with van der Waals surface area (Å²) in [6, 6.07) is 8.88. The van der Waals surface area contributed by atoms with Gasteiger partial charge in [-0.1, -0.05) is 61.4 Å². The number of halogens is 1. The van der Waals surface area contributed by atoms with Crippen molar-refractivity contribution in [3.8, 4) is 11.5 Å². The highest BCUT2D eigenvalue weighted by atomic mass is 35.5. The maximum Gasteiger partial charge on any atom is 0.277 e. The number of nitrogens with one attached hydrogen (secondary N) is 1. The highest BCUT2D eigenvalue weighted by Gasteiger charge is 2.20. The summed E-state index contributed by atoms with van der Waals surface area (Å²) >= 11 is 7.23. The van der Waals surface area contributed by atoms with Gasteiger partial charge in [0.2, 0.25) is 17.7 Å². The molecule has 0 bridgehead atoms. The number of benzene rings is 1. The minimum absolute atomic E-state index is 0.0930. The van der Waals surface area contributed by atoms with E-state index in [-0.39, 0.29) is 22.3 Å². The van der Waals surface area contributed by atoms with Crippen molar-refractivity contribution in [2.75, 3.05) is 11.1 Å². The van der Waals surface area contributed by atoms with Gasteiger partial charge in [-0.2, -0.15) is 0 Å². The SMILES string of the molecule is CC(C)(C)c1cc(NC(=O)CSc2nnc(-c3ccccc3Cl)o2)on1. The number of thioether (sulfide) groups is 1. The van der Waals surface area contributed by atoms with Crippen molar-refractivity contribution in [2.24, 2.45) is 0 Å². The van der Waals surface area contributed by atoms with E-state index < -0.39 is 0 Å². The van der Waals surface area contributed by atoms with Gasteiger partial charge >= 0.3 is 0 Å². The lowest BCUT2D eigenvalue weighted by molar-refractivity contribution is -0.113. The van der Waals surface area contributed by atoms with Crippen LogP contribution in [-0.2, 0) is 10.2 Å². The summed E-state index contributed by atoms with van der Waals surface area (Å²) in [6.45, 7) is 6.04. The number of amides is 1. The van der Waals surface area contributed by atoms with Gasteiger partial charge in [0, 0.05) is 11.5 Å². The Morgan fingerprint density at radius 3 is 2.73 bits per heavy atom. The molecular formula is C17H17ClN4O3S. The number of aromatic nitrogens is 3. The molecule has 136 valence electrons. The van der Waals surface area contributed by atoms with Crippen molar-refractivity contribution in [1.82, 2.24) is 15.4 Å². The van der Waals surface area contributed by atoms with E-state index in [1.807, 2.05) is 32.9 Å². The van der Waals surface area contributed by atoms with Crippen LogP contribution >= 0.6 is 23.4 Å². The zero-order chi connectivity index (χ0) is 18.7. The van der Waals surface area contributed by atoms with Crippen molar-refractivity contribution >= 4 is 35.2 Å². The summed E-state index contributed by atoms with van der Waals surface area (Å²) in [6.07, 6.45) is 0. The molecule has 0 unspecified atom stereocenters. The fourth-order valence-corrected chi connectivity index (χ4v) is 2.78. The predicted octanol–water partition coefficient (Wildman–Crippen LogP) is 4.41. The second-order valence-corrected chi connectivity index (χ2v) is 7.85. The van der Waals surface area contributed by atoms with Crippen LogP contribution in [0.5, 0.6) is 0 Å². The molecule has 0 saturated carbocycles. The normalized spacial score (nSPS) is 11.5. The average molecular weight is 393 g/mol. The second-order valence-electron chi connectivity index (χ2n) is 6.52. The summed E-state index contributed by atoms with van der Waals surface area (Å²) in [4.78, 5) is 12.0. The molecule has 2 aromatic heterocycles. The van der Waals surface area contributed by atoms with Crippen molar-refractivity contribution in [3.05, 3.63) is 41.0 Å². The van der Waals surface area contributed by atoms with Crippen LogP contribution in [0, 0.1) is 0 Å². The fraction of sp³-hybridized carbons (Fsp3) is 0.294. The Morgan fingerprint density at radius 1 is 1.27 bits per heavy atom. The first-order valence-corrected chi connectivity index (χ1v) is 9.17. The first-order valence-electron chi connectivity index (χ1n) is 7.81. The molecular weight excluding hydrogens is 376 g/mol. The van der Waals surface area contributed by atoms with E-state index in [4.69, 9.17) is 20.5 Å². The molecule has 3 aromatic rings. The van der Waals surface area contributed by atoms with Gasteiger partial charge in [0.15, 0.2) is 0 Å². The first kappa shape index (κ1) is 18.5. The number of hydrogen-bond donors (Lipinski definition) is 1. The van der Waals surface area contributed by atoms with Crippen LogP contribution in [0.25, 0.3) is 11.5 Å². The molecule has 1 N–H and O–H groups in total. The quantitative estimate of drug-likeness (QED) is 0.642. The predicted molar refractivity (Wildman–Crippen MR) is 99.3 cm³/mol. The van der Waals surface area contributed by atoms with E-state index in [0.717, 1.165) is 17.5 Å². The number of rotatable bonds is 5. The summed E-state index contributed by atoms with van der Waals surface area (Å²) in [5.74, 6) is 0.450. The average Bonchev–Trinajstić information content (AvgIpc) is 3.22. The van der Waals surface area contributed by atoms with Crippen LogP contribution in [0.15, 0.2) is 44.5 Å². The zero-order valence-corrected chi connectivity index (χ0v) is 16.0. The number of hydrogen-bond acceptors (Lipinski definition) is 7. The summed E-state index contributed by atoms with van der Waals surface area (Å²) < 4.78 is 10.7. The van der Waals surface area contributed by atoms with E-state index >= 15 is 0 Å². The van der Waals surface area contributed by atoms with Gasteiger partial charge in [0.05, 0.1) is 22.0 Å². The lowest BCUT2D eigenvalue weighted by Gasteiger charge is -2.12. The van der Waals surface area contributed by atoms with E-state index in [0.29, 0.717) is 22.4 Å². The fourth-order valence-electron chi connectivity index (χ4n) is 2.00. The molecule has 1 aromatic carbocycles. The Kier molecular flexibility index (Phi) is 5.33. The Labute approximate surface area is 159 Å². The van der Waals surface area contributed by atoms with E-state index in [1.54, 1.807) is 18.2 Å². The number of carbonyl (C=O) groups is 1. The molecule has 9 heteroatoms. The van der Waals surface area contributed by atoms with Gasteiger partial charge in [0.25, 0.3) is 5.22 Å². The molecule has 0 aliphatic heterocycles. The van der Waals surface area contributed by atoms with Crippen LogP contribution in [0.1, 0.15) is 26.5 Å². The largest absolute Gasteiger partial charge is 0.411 e. The van der Waals surface area contributed by atoms with Gasteiger partial charge in [0.1, 0.15) is 0 Å². The maximum absolute atomic E-state index is 12.0. The van der Waals surface area contributed by atoms with Crippen molar-refractivity contribution < 1.29 is 13.7 Å². The Balaban J connectivity index is 1.57. The molecule has 1 amide bonds. The monoisotopic (exact) mass is 392 g/mol. The molecule has 7 nitrogen and oxygen atoms in total. The molecule has 0 aliphatic rings. The van der Waals surface area contributed by atoms with Gasteiger partial charge in [-0.05, 0) is 12.1 Å². The molecule has 26 heavy (non-hydrogen) atoms. The minimum Gasteiger partial charge on any atom is -0.411 e. The molecule has 0 fully saturated rings. The topological polar surface area (TPSA) is 94.1 Å². The van der Waals surface area contributed by atoms with Crippen molar-refractivity contribution in [1.29, 1.82) is 0 Å². The van der Waals surface area contributed by atoms with Gasteiger partial charge in [-0.25, -0.2) is 0 Å². The smallest absolute Gasteiger partial charge is 0.277 e. The Morgan fingerprint density at radius 2 is 2.04 bits per heavy atom. The van der Waals surface area contributed by atoms with Crippen LogP contribution in [0.2, 0.25) is 5.02 Å². The van der Waals surface area contributed by atoms with Gasteiger partial charge < -0.3 is 8.94 Å². The maximum atomic E-state index is 12.0. The van der Waals surface area contributed by atoms with Crippen LogP contribution in [-0.4, -0.2) is 27.0 Å². The number of anilines is 1. The molecule has 0 spiro atoms. The minimum atomic E-state index is -0.260. The standard InChI is InChI=1S/C17H17ClN4O3S/c1-17(2,3)12-8-14(25-22-12)19-13(23)9-26-16-21-20-15(24-16)10-6-4-5-7-11(10)18/h4-8H,9H2,1-3H3,(H,19,23). The summed E-state index contributed by atoms with van der Waals surface area (Å²) in [7, 11) is 0. The van der Waals surface area contributed by atoms with E-state index in [2.05, 4.69) is 20.7 Å². The molecule has 0 aliphatic carbocycles. The molecule has 2 heterocycles. The van der Waals surface area contributed by atoms with Crippen LogP contribution < -0.4 is 5.32 Å². The number of carbonyl (C=O) groups excluding carboxylic acids is 1. The molecule has 3 rings (SSSR count). The lowest BCUT2D eigenvalue weighted by atomic mass is 9.92. The van der Waals surface area contributed by atoms with Gasteiger partial charge in [-0.15, -0.1) is 10.2 Å². The van der Waals surface area contributed by atoms with Crippen molar-refractivity contribution in [2.45, 2.75) is 31.4 Å². The third-order valence-electron chi connectivity index (χ3n) is 3.38. The third-order valence-corrected chi connectivity index (χ3v) is 4.53. The van der Waals surface area contributed by atoms with Crippen LogP contribution in [0.4, 0.5) is 5.88 Å². The van der Waals surface area contributed by atoms with Gasteiger partial charge in [-0.3, -0.25) is 10.1 Å². The molecule has 0 saturated heterocycles. The molecule has 0 atom stereocenters.